The maximum atomic E-state index is 11.8. The van der Waals surface area contributed by atoms with Gasteiger partial charge in [-0.25, -0.2) is 8.42 Å². The Bertz CT molecular complexity index is 642. The number of sulfonamides is 1. The highest BCUT2D eigenvalue weighted by Crippen LogP contribution is 2.27. The average Bonchev–Trinajstić information content (AvgIpc) is 2.56. The maximum absolute atomic E-state index is 11.8. The van der Waals surface area contributed by atoms with E-state index in [-0.39, 0.29) is 25.0 Å². The monoisotopic (exact) mass is 299 g/mol. The van der Waals surface area contributed by atoms with Crippen LogP contribution < -0.4 is 10.5 Å². The highest BCUT2D eigenvalue weighted by atomic mass is 32.2. The second-order valence-corrected chi connectivity index (χ2v) is 6.71. The molecule has 0 spiro atoms. The van der Waals surface area contributed by atoms with Gasteiger partial charge in [0.2, 0.25) is 10.0 Å². The van der Waals surface area contributed by atoms with Crippen LogP contribution in [0, 0.1) is 0 Å². The Morgan fingerprint density at radius 3 is 2.85 bits per heavy atom. The maximum Gasteiger partial charge on any atom is 0.211 e. The molecular weight excluding hydrogens is 282 g/mol. The van der Waals surface area contributed by atoms with Crippen LogP contribution in [0.3, 0.4) is 0 Å². The summed E-state index contributed by atoms with van der Waals surface area (Å²) in [5.74, 6) is 0.528. The molecule has 1 aliphatic rings. The number of nitrogens with two attached hydrogens (primary N) is 1. The number of ether oxygens (including phenoxy) is 1. The number of oxime groups is 1. The molecule has 0 aliphatic carbocycles. The van der Waals surface area contributed by atoms with Crippen molar-refractivity contribution in [3.8, 4) is 5.75 Å². The van der Waals surface area contributed by atoms with E-state index in [1.54, 1.807) is 25.1 Å². The largest absolute Gasteiger partial charge is 0.492 e. The molecule has 3 N–H and O–H groups in total. The first-order chi connectivity index (χ1) is 9.32. The SMILES string of the molecule is C[C@H]1COc2cc(C(N)=NO)ccc2CN1S(C)(=O)=O. The molecule has 0 aromatic heterocycles. The number of rotatable bonds is 2. The van der Waals surface area contributed by atoms with E-state index in [2.05, 4.69) is 5.16 Å². The van der Waals surface area contributed by atoms with Gasteiger partial charge >= 0.3 is 0 Å². The first-order valence-electron chi connectivity index (χ1n) is 6.03. The van der Waals surface area contributed by atoms with Crippen LogP contribution >= 0.6 is 0 Å². The van der Waals surface area contributed by atoms with Gasteiger partial charge in [0, 0.05) is 17.7 Å². The fourth-order valence-corrected chi connectivity index (χ4v) is 3.19. The number of benzene rings is 1. The van der Waals surface area contributed by atoms with Crippen LogP contribution in [0.4, 0.5) is 0 Å². The first kappa shape index (κ1) is 14.6. The number of hydrogen-bond donors (Lipinski definition) is 2. The smallest absolute Gasteiger partial charge is 0.211 e. The summed E-state index contributed by atoms with van der Waals surface area (Å²) < 4.78 is 30.6. The van der Waals surface area contributed by atoms with Crippen LogP contribution in [0.25, 0.3) is 0 Å². The Hall–Kier alpha value is -1.80. The van der Waals surface area contributed by atoms with E-state index in [4.69, 9.17) is 15.7 Å². The van der Waals surface area contributed by atoms with Crippen LogP contribution in [0.15, 0.2) is 23.4 Å². The minimum absolute atomic E-state index is 0.0198. The Labute approximate surface area is 117 Å². The Kier molecular flexibility index (Phi) is 3.87. The standard InChI is InChI=1S/C12H17N3O4S/c1-8-7-19-11-5-9(12(13)14-16)3-4-10(11)6-15(8)20(2,17)18/h3-5,8,16H,6-7H2,1-2H3,(H2,13,14)/t8-/m0/s1. The van der Waals surface area contributed by atoms with Crippen LogP contribution in [0.1, 0.15) is 18.1 Å². The molecule has 0 unspecified atom stereocenters. The van der Waals surface area contributed by atoms with E-state index in [1.807, 2.05) is 0 Å². The summed E-state index contributed by atoms with van der Waals surface area (Å²) >= 11 is 0. The third kappa shape index (κ3) is 2.86. The molecule has 1 aliphatic heterocycles. The van der Waals surface area contributed by atoms with Crippen molar-refractivity contribution in [2.45, 2.75) is 19.5 Å². The molecule has 2 rings (SSSR count). The second-order valence-electron chi connectivity index (χ2n) is 4.78. The third-order valence-corrected chi connectivity index (χ3v) is 4.54. The summed E-state index contributed by atoms with van der Waals surface area (Å²) in [5, 5.41) is 11.6. The van der Waals surface area contributed by atoms with E-state index < -0.39 is 10.0 Å². The summed E-state index contributed by atoms with van der Waals surface area (Å²) in [7, 11) is -3.31. The van der Waals surface area contributed by atoms with Crippen molar-refractivity contribution in [2.75, 3.05) is 12.9 Å². The molecule has 1 aromatic carbocycles. The van der Waals surface area contributed by atoms with Gasteiger partial charge in [0.05, 0.1) is 12.3 Å². The zero-order valence-electron chi connectivity index (χ0n) is 11.3. The molecule has 110 valence electrons. The molecule has 20 heavy (non-hydrogen) atoms. The molecule has 1 aromatic rings. The summed E-state index contributed by atoms with van der Waals surface area (Å²) in [6, 6.07) is 4.76. The van der Waals surface area contributed by atoms with Crippen molar-refractivity contribution in [1.29, 1.82) is 0 Å². The van der Waals surface area contributed by atoms with E-state index in [0.717, 1.165) is 5.56 Å². The van der Waals surface area contributed by atoms with Crippen LogP contribution in [0.5, 0.6) is 5.75 Å². The summed E-state index contributed by atoms with van der Waals surface area (Å²) in [6.45, 7) is 2.28. The van der Waals surface area contributed by atoms with Crippen molar-refractivity contribution in [3.05, 3.63) is 29.3 Å². The van der Waals surface area contributed by atoms with Gasteiger partial charge in [0.25, 0.3) is 0 Å². The summed E-state index contributed by atoms with van der Waals surface area (Å²) in [5.41, 5.74) is 6.79. The van der Waals surface area contributed by atoms with Gasteiger partial charge in [0.1, 0.15) is 12.4 Å². The van der Waals surface area contributed by atoms with Gasteiger partial charge in [-0.1, -0.05) is 17.3 Å². The lowest BCUT2D eigenvalue weighted by Crippen LogP contribution is -2.39. The van der Waals surface area contributed by atoms with E-state index in [0.29, 0.717) is 11.3 Å². The van der Waals surface area contributed by atoms with E-state index in [9.17, 15) is 8.42 Å². The van der Waals surface area contributed by atoms with Crippen LogP contribution in [-0.4, -0.2) is 42.7 Å². The van der Waals surface area contributed by atoms with Gasteiger partial charge in [-0.15, -0.1) is 0 Å². The zero-order chi connectivity index (χ0) is 14.9. The summed E-state index contributed by atoms with van der Waals surface area (Å²) in [6.07, 6.45) is 1.18. The first-order valence-corrected chi connectivity index (χ1v) is 7.88. The van der Waals surface area contributed by atoms with Crippen LogP contribution in [-0.2, 0) is 16.6 Å². The third-order valence-electron chi connectivity index (χ3n) is 3.19. The molecule has 0 saturated heterocycles. The highest BCUT2D eigenvalue weighted by Gasteiger charge is 2.28. The Balaban J connectivity index is 2.41. The molecule has 0 bridgehead atoms. The highest BCUT2D eigenvalue weighted by molar-refractivity contribution is 7.88. The molecule has 1 heterocycles. The lowest BCUT2D eigenvalue weighted by Gasteiger charge is -2.23. The van der Waals surface area contributed by atoms with Gasteiger partial charge in [-0.2, -0.15) is 4.31 Å². The normalized spacial score (nSPS) is 20.9. The molecule has 0 saturated carbocycles. The van der Waals surface area contributed by atoms with Gasteiger partial charge < -0.3 is 15.7 Å². The minimum Gasteiger partial charge on any atom is -0.492 e. The molecule has 0 radical (unpaired) electrons. The average molecular weight is 299 g/mol. The lowest BCUT2D eigenvalue weighted by atomic mass is 10.1. The van der Waals surface area contributed by atoms with Gasteiger partial charge in [-0.3, -0.25) is 0 Å². The minimum atomic E-state index is -3.31. The number of amidine groups is 1. The van der Waals surface area contributed by atoms with Crippen molar-refractivity contribution < 1.29 is 18.4 Å². The fraction of sp³-hybridized carbons (Fsp3) is 0.417. The van der Waals surface area contributed by atoms with Gasteiger partial charge in [-0.05, 0) is 13.0 Å². The predicted octanol–water partition coefficient (Wildman–Crippen LogP) is 0.324. The molecule has 0 amide bonds. The number of nitrogens with zero attached hydrogens (tertiary/aromatic N) is 2. The Morgan fingerprint density at radius 2 is 2.25 bits per heavy atom. The van der Waals surface area contributed by atoms with E-state index >= 15 is 0 Å². The van der Waals surface area contributed by atoms with Crippen molar-refractivity contribution in [3.63, 3.8) is 0 Å². The molecule has 8 heteroatoms. The molecular formula is C12H17N3O4S. The second kappa shape index (κ2) is 5.29. The number of fused-ring (bicyclic) bond motifs is 1. The molecule has 1 atom stereocenters. The predicted molar refractivity (Wildman–Crippen MR) is 74.3 cm³/mol. The lowest BCUT2D eigenvalue weighted by molar-refractivity contribution is 0.234. The number of hydrogen-bond acceptors (Lipinski definition) is 5. The fourth-order valence-electron chi connectivity index (χ4n) is 2.10. The van der Waals surface area contributed by atoms with E-state index in [1.165, 1.54) is 10.6 Å². The Morgan fingerprint density at radius 1 is 1.55 bits per heavy atom. The summed E-state index contributed by atoms with van der Waals surface area (Å²) in [4.78, 5) is 0. The van der Waals surface area contributed by atoms with Crippen molar-refractivity contribution in [1.82, 2.24) is 4.31 Å². The van der Waals surface area contributed by atoms with Gasteiger partial charge in [0.15, 0.2) is 5.84 Å². The van der Waals surface area contributed by atoms with Crippen molar-refractivity contribution in [2.24, 2.45) is 10.9 Å². The zero-order valence-corrected chi connectivity index (χ0v) is 12.1. The molecule has 0 fully saturated rings. The van der Waals surface area contributed by atoms with Crippen molar-refractivity contribution >= 4 is 15.9 Å². The molecule has 7 nitrogen and oxygen atoms in total. The van der Waals surface area contributed by atoms with Crippen LogP contribution in [0.2, 0.25) is 0 Å². The quantitative estimate of drug-likeness (QED) is 0.354. The topological polar surface area (TPSA) is 105 Å².